The van der Waals surface area contributed by atoms with Crippen LogP contribution in [-0.4, -0.2) is 62.2 Å². The number of nitrogens with one attached hydrogen (secondary N) is 1. The second kappa shape index (κ2) is 16.2. The fourth-order valence-electron chi connectivity index (χ4n) is 5.23. The van der Waals surface area contributed by atoms with Crippen LogP contribution in [0.2, 0.25) is 5.02 Å². The number of hydrogen-bond acceptors (Lipinski definition) is 9. The standard InChI is InChI=1S/C33H43ClN6O3/c1-2-3-4-9-20-41-28-11-13-29(14-12-28)42-21-22-43-30-15-10-27(34)23-26(30)25-35-38-31-24-32(39-16-5-6-17-39)37-33(36-31)40-18-7-8-19-40/h10-15,23-25H,2-9,16-22H2,1H3,(H,36,37,38)/b35-25+. The fourth-order valence-corrected chi connectivity index (χ4v) is 5.41. The summed E-state index contributed by atoms with van der Waals surface area (Å²) in [5.74, 6) is 4.68. The van der Waals surface area contributed by atoms with Gasteiger partial charge in [0.05, 0.1) is 12.8 Å². The van der Waals surface area contributed by atoms with Gasteiger partial charge >= 0.3 is 0 Å². The van der Waals surface area contributed by atoms with Gasteiger partial charge in [0.2, 0.25) is 5.95 Å². The zero-order valence-electron chi connectivity index (χ0n) is 25.1. The van der Waals surface area contributed by atoms with E-state index < -0.39 is 0 Å². The first-order valence-corrected chi connectivity index (χ1v) is 16.0. The van der Waals surface area contributed by atoms with E-state index in [9.17, 15) is 0 Å². The highest BCUT2D eigenvalue weighted by molar-refractivity contribution is 6.30. The van der Waals surface area contributed by atoms with Crippen LogP contribution in [0.15, 0.2) is 53.6 Å². The van der Waals surface area contributed by atoms with E-state index in [0.717, 1.165) is 68.0 Å². The van der Waals surface area contributed by atoms with E-state index in [-0.39, 0.29) is 0 Å². The Kier molecular flexibility index (Phi) is 11.6. The van der Waals surface area contributed by atoms with Crippen LogP contribution in [0.25, 0.3) is 0 Å². The molecule has 1 aromatic heterocycles. The predicted octanol–water partition coefficient (Wildman–Crippen LogP) is 7.19. The van der Waals surface area contributed by atoms with E-state index in [1.54, 1.807) is 12.3 Å². The maximum absolute atomic E-state index is 6.30. The Labute approximate surface area is 260 Å². The number of rotatable bonds is 16. The van der Waals surface area contributed by atoms with Crippen molar-refractivity contribution in [3.05, 3.63) is 59.1 Å². The zero-order valence-corrected chi connectivity index (χ0v) is 25.9. The normalized spacial score (nSPS) is 14.9. The second-order valence-corrected chi connectivity index (χ2v) is 11.4. The fraction of sp³-hybridized carbons (Fsp3) is 0.485. The Hall–Kier alpha value is -3.72. The highest BCUT2D eigenvalue weighted by atomic mass is 35.5. The zero-order chi connectivity index (χ0) is 29.7. The first-order chi connectivity index (χ1) is 21.2. The van der Waals surface area contributed by atoms with E-state index in [1.807, 2.05) is 42.5 Å². The van der Waals surface area contributed by atoms with Crippen LogP contribution < -0.4 is 29.4 Å². The van der Waals surface area contributed by atoms with Crippen molar-refractivity contribution < 1.29 is 14.2 Å². The maximum atomic E-state index is 6.30. The molecule has 5 rings (SSSR count). The van der Waals surface area contributed by atoms with Crippen LogP contribution in [0.1, 0.15) is 63.9 Å². The molecule has 2 aliphatic heterocycles. The van der Waals surface area contributed by atoms with Gasteiger partial charge in [0, 0.05) is 42.8 Å². The molecule has 0 bridgehead atoms. The van der Waals surface area contributed by atoms with Crippen LogP contribution in [0.5, 0.6) is 17.2 Å². The van der Waals surface area contributed by atoms with Crippen LogP contribution in [0.4, 0.5) is 17.6 Å². The van der Waals surface area contributed by atoms with Crippen molar-refractivity contribution in [3.63, 3.8) is 0 Å². The third kappa shape index (κ3) is 9.38. The summed E-state index contributed by atoms with van der Waals surface area (Å²) in [4.78, 5) is 14.2. The molecule has 43 heavy (non-hydrogen) atoms. The summed E-state index contributed by atoms with van der Waals surface area (Å²) in [6.07, 6.45) is 11.2. The molecular weight excluding hydrogens is 564 g/mol. The lowest BCUT2D eigenvalue weighted by molar-refractivity contribution is 0.216. The average molecular weight is 607 g/mol. The van der Waals surface area contributed by atoms with Gasteiger partial charge in [0.1, 0.15) is 36.3 Å². The van der Waals surface area contributed by atoms with Crippen molar-refractivity contribution in [2.75, 3.05) is 61.2 Å². The molecule has 230 valence electrons. The molecule has 0 atom stereocenters. The molecule has 1 N–H and O–H groups in total. The number of benzene rings is 2. The largest absolute Gasteiger partial charge is 0.494 e. The Morgan fingerprint density at radius 1 is 0.791 bits per heavy atom. The monoisotopic (exact) mass is 606 g/mol. The number of hydrazone groups is 1. The number of unbranched alkanes of at least 4 members (excludes halogenated alkanes) is 3. The number of ether oxygens (including phenoxy) is 3. The van der Waals surface area contributed by atoms with Crippen LogP contribution >= 0.6 is 11.6 Å². The van der Waals surface area contributed by atoms with E-state index in [1.165, 1.54) is 44.9 Å². The summed E-state index contributed by atoms with van der Waals surface area (Å²) in [6, 6.07) is 15.2. The first-order valence-electron chi connectivity index (χ1n) is 15.6. The molecule has 2 aromatic carbocycles. The van der Waals surface area contributed by atoms with Crippen LogP contribution in [0, 0.1) is 0 Å². The molecule has 0 amide bonds. The second-order valence-electron chi connectivity index (χ2n) is 10.9. The Morgan fingerprint density at radius 3 is 2.19 bits per heavy atom. The highest BCUT2D eigenvalue weighted by Gasteiger charge is 2.20. The number of halogens is 1. The summed E-state index contributed by atoms with van der Waals surface area (Å²) in [7, 11) is 0. The van der Waals surface area contributed by atoms with Gasteiger partial charge in [-0.15, -0.1) is 0 Å². The summed E-state index contributed by atoms with van der Waals surface area (Å²) in [5.41, 5.74) is 3.87. The lowest BCUT2D eigenvalue weighted by atomic mass is 10.2. The molecule has 0 spiro atoms. The van der Waals surface area contributed by atoms with Gasteiger partial charge in [-0.05, 0) is 74.6 Å². The molecule has 0 radical (unpaired) electrons. The van der Waals surface area contributed by atoms with Gasteiger partial charge < -0.3 is 24.0 Å². The summed E-state index contributed by atoms with van der Waals surface area (Å²) >= 11 is 6.30. The summed E-state index contributed by atoms with van der Waals surface area (Å²) in [5, 5.41) is 5.09. The number of hydrogen-bond donors (Lipinski definition) is 1. The van der Waals surface area contributed by atoms with Crippen LogP contribution in [0.3, 0.4) is 0 Å². The van der Waals surface area contributed by atoms with Gasteiger partial charge in [-0.25, -0.2) is 0 Å². The van der Waals surface area contributed by atoms with Gasteiger partial charge in [0.15, 0.2) is 5.82 Å². The molecule has 9 nitrogen and oxygen atoms in total. The smallest absolute Gasteiger partial charge is 0.229 e. The van der Waals surface area contributed by atoms with Crippen molar-refractivity contribution in [2.45, 2.75) is 58.3 Å². The van der Waals surface area contributed by atoms with E-state index >= 15 is 0 Å². The van der Waals surface area contributed by atoms with E-state index in [2.05, 4.69) is 27.3 Å². The predicted molar refractivity (Wildman–Crippen MR) is 175 cm³/mol. The summed E-state index contributed by atoms with van der Waals surface area (Å²) in [6.45, 7) is 7.73. The topological polar surface area (TPSA) is 84.3 Å². The molecule has 10 heteroatoms. The molecular formula is C33H43ClN6O3. The van der Waals surface area contributed by atoms with Gasteiger partial charge in [-0.2, -0.15) is 15.1 Å². The SMILES string of the molecule is CCCCCCOc1ccc(OCCOc2ccc(Cl)cc2/C=N/Nc2cc(N3CCCC3)nc(N3CCCC3)n2)cc1. The molecule has 0 unspecified atom stereocenters. The van der Waals surface area contributed by atoms with Crippen LogP contribution in [-0.2, 0) is 0 Å². The maximum Gasteiger partial charge on any atom is 0.229 e. The lowest BCUT2D eigenvalue weighted by Crippen LogP contribution is -2.24. The van der Waals surface area contributed by atoms with Crippen molar-refractivity contribution in [2.24, 2.45) is 5.10 Å². The lowest BCUT2D eigenvalue weighted by Gasteiger charge is -2.21. The molecule has 2 fully saturated rings. The third-order valence-corrected chi connectivity index (χ3v) is 7.81. The van der Waals surface area contributed by atoms with E-state index in [4.69, 9.17) is 35.8 Å². The van der Waals surface area contributed by atoms with Crippen molar-refractivity contribution >= 4 is 35.4 Å². The number of anilines is 3. The minimum atomic E-state index is 0.371. The van der Waals surface area contributed by atoms with Gasteiger partial charge in [0.25, 0.3) is 0 Å². The molecule has 2 aliphatic rings. The third-order valence-electron chi connectivity index (χ3n) is 7.57. The van der Waals surface area contributed by atoms with E-state index in [0.29, 0.717) is 29.8 Å². The average Bonchev–Trinajstić information content (AvgIpc) is 3.76. The van der Waals surface area contributed by atoms with Crippen molar-refractivity contribution in [1.29, 1.82) is 0 Å². The van der Waals surface area contributed by atoms with Crippen molar-refractivity contribution in [3.8, 4) is 17.2 Å². The molecule has 0 saturated carbocycles. The highest BCUT2D eigenvalue weighted by Crippen LogP contribution is 2.26. The Balaban J connectivity index is 1.14. The number of nitrogens with zero attached hydrogens (tertiary/aromatic N) is 5. The van der Waals surface area contributed by atoms with Gasteiger partial charge in [-0.1, -0.05) is 37.8 Å². The quantitative estimate of drug-likeness (QED) is 0.104. The molecule has 3 heterocycles. The Bertz CT molecular complexity index is 1280. The summed E-state index contributed by atoms with van der Waals surface area (Å²) < 4.78 is 17.7. The minimum absolute atomic E-state index is 0.371. The molecule has 2 saturated heterocycles. The Morgan fingerprint density at radius 2 is 1.47 bits per heavy atom. The molecule has 0 aliphatic carbocycles. The van der Waals surface area contributed by atoms with Gasteiger partial charge in [-0.3, -0.25) is 5.43 Å². The molecule has 3 aromatic rings. The number of aromatic nitrogens is 2. The van der Waals surface area contributed by atoms with Crippen molar-refractivity contribution in [1.82, 2.24) is 9.97 Å². The minimum Gasteiger partial charge on any atom is -0.494 e. The first kappa shape index (κ1) is 30.7.